The van der Waals surface area contributed by atoms with Crippen LogP contribution in [0.15, 0.2) is 71.4 Å². The number of allylic oxidation sites excluding steroid dienone is 2. The van der Waals surface area contributed by atoms with Crippen molar-refractivity contribution in [1.82, 2.24) is 0 Å². The van der Waals surface area contributed by atoms with Crippen LogP contribution in [0.4, 0.5) is 17.1 Å². The summed E-state index contributed by atoms with van der Waals surface area (Å²) in [7, 11) is 0. The molecule has 7 rings (SSSR count). The van der Waals surface area contributed by atoms with E-state index in [1.807, 2.05) is 74.5 Å². The highest BCUT2D eigenvalue weighted by Gasteiger charge is 2.37. The van der Waals surface area contributed by atoms with E-state index in [4.69, 9.17) is 4.99 Å². The van der Waals surface area contributed by atoms with E-state index >= 15 is 0 Å². The molecular formula is C30H26N4O2. The molecule has 6 heteroatoms. The highest BCUT2D eigenvalue weighted by molar-refractivity contribution is 6.53. The summed E-state index contributed by atoms with van der Waals surface area (Å²) in [5.41, 5.74) is 3.75. The Morgan fingerprint density at radius 3 is 2.11 bits per heavy atom. The third kappa shape index (κ3) is 2.78. The third-order valence-electron chi connectivity index (χ3n) is 7.26. The molecule has 2 heterocycles. The Labute approximate surface area is 208 Å². The molecule has 4 aromatic rings. The summed E-state index contributed by atoms with van der Waals surface area (Å²) < 4.78 is 0. The first-order valence-corrected chi connectivity index (χ1v) is 12.2. The maximum absolute atomic E-state index is 13.6. The van der Waals surface area contributed by atoms with Crippen molar-refractivity contribution in [3.63, 3.8) is 0 Å². The van der Waals surface area contributed by atoms with E-state index in [0.29, 0.717) is 11.1 Å². The van der Waals surface area contributed by atoms with E-state index in [-0.39, 0.29) is 17.2 Å². The number of carbonyl (C=O) groups is 1. The fraction of sp³-hybridized carbons (Fsp3) is 0.200. The lowest BCUT2D eigenvalue weighted by Crippen LogP contribution is -2.42. The monoisotopic (exact) mass is 474 g/mol. The standard InChI is InChI=1S/C30H26N4O2/c1-29(2)31-19-9-5-7-15-17(11-13-21(33-29)23(15)19)25-27(35)26(28(25)36)18-12-14-22-24-16(18)8-6-10-20(24)32-30(3,4)34-22/h5-14,31-33,35H,1-4H3/b26-18-. The van der Waals surface area contributed by atoms with Crippen molar-refractivity contribution in [3.8, 4) is 0 Å². The molecule has 178 valence electrons. The number of rotatable bonds is 1. The normalized spacial score (nSPS) is 20.3. The van der Waals surface area contributed by atoms with Gasteiger partial charge >= 0.3 is 0 Å². The van der Waals surface area contributed by atoms with Gasteiger partial charge in [-0.1, -0.05) is 36.4 Å². The molecule has 1 aliphatic carbocycles. The minimum atomic E-state index is -0.412. The van der Waals surface area contributed by atoms with E-state index in [2.05, 4.69) is 29.8 Å². The zero-order valence-corrected chi connectivity index (χ0v) is 20.6. The number of ketones is 1. The molecule has 0 radical (unpaired) electrons. The van der Waals surface area contributed by atoms with Gasteiger partial charge in [0.05, 0.1) is 16.5 Å². The number of nitrogens with one attached hydrogen (secondary N) is 3. The van der Waals surface area contributed by atoms with Gasteiger partial charge in [0.25, 0.3) is 0 Å². The predicted molar refractivity (Wildman–Crippen MR) is 146 cm³/mol. The maximum Gasteiger partial charge on any atom is 0.201 e. The van der Waals surface area contributed by atoms with Crippen LogP contribution >= 0.6 is 0 Å². The number of hydrogen-bond donors (Lipinski definition) is 4. The molecule has 4 aromatic carbocycles. The highest BCUT2D eigenvalue weighted by atomic mass is 16.3. The lowest BCUT2D eigenvalue weighted by Gasteiger charge is -2.36. The average molecular weight is 475 g/mol. The second-order valence-corrected chi connectivity index (χ2v) is 10.8. The summed E-state index contributed by atoms with van der Waals surface area (Å²) in [6.45, 7) is 8.22. The minimum absolute atomic E-state index is 0.0412. The minimum Gasteiger partial charge on any atom is -0.506 e. The number of carbonyl (C=O) groups excluding carboxylic acids is 1. The first kappa shape index (κ1) is 21.0. The number of aliphatic hydroxyl groups is 1. The van der Waals surface area contributed by atoms with Crippen LogP contribution in [0.2, 0.25) is 0 Å². The van der Waals surface area contributed by atoms with Crippen LogP contribution in [0.25, 0.3) is 32.7 Å². The summed E-state index contributed by atoms with van der Waals surface area (Å²) in [6.07, 6.45) is 0. The van der Waals surface area contributed by atoms with E-state index in [0.717, 1.165) is 54.7 Å². The molecular weight excluding hydrogens is 448 g/mol. The first-order chi connectivity index (χ1) is 17.1. The topological polar surface area (TPSA) is 85.8 Å². The Bertz CT molecular complexity index is 1830. The molecule has 0 spiro atoms. The van der Waals surface area contributed by atoms with E-state index in [9.17, 15) is 9.90 Å². The molecule has 0 fully saturated rings. The molecule has 0 aromatic heterocycles. The molecule has 36 heavy (non-hydrogen) atoms. The molecule has 0 saturated carbocycles. The van der Waals surface area contributed by atoms with Gasteiger partial charge in [-0.2, -0.15) is 0 Å². The smallest absolute Gasteiger partial charge is 0.201 e. The van der Waals surface area contributed by atoms with Crippen LogP contribution in [0.3, 0.4) is 0 Å². The summed E-state index contributed by atoms with van der Waals surface area (Å²) in [5.74, 6) is -0.105. The SMILES string of the molecule is CC1(C)N=c2cc/c(=C3/C(=O)C(c4ccc5c6c(cccc46)NC(C)(C)N5)=C3O)c3cccc(c23)N1. The molecule has 0 saturated heterocycles. The fourth-order valence-electron chi connectivity index (χ4n) is 5.90. The first-order valence-electron chi connectivity index (χ1n) is 12.2. The van der Waals surface area contributed by atoms with Gasteiger partial charge in [0.15, 0.2) is 0 Å². The largest absolute Gasteiger partial charge is 0.506 e. The van der Waals surface area contributed by atoms with Crippen LogP contribution in [0.5, 0.6) is 0 Å². The molecule has 0 unspecified atom stereocenters. The summed E-state index contributed by atoms with van der Waals surface area (Å²) in [5, 5.41) is 27.2. The van der Waals surface area contributed by atoms with Gasteiger partial charge in [0.1, 0.15) is 17.1 Å². The van der Waals surface area contributed by atoms with Crippen molar-refractivity contribution >= 4 is 55.5 Å². The van der Waals surface area contributed by atoms with Gasteiger partial charge in [-0.3, -0.25) is 9.79 Å². The van der Waals surface area contributed by atoms with E-state index in [1.54, 1.807) is 0 Å². The van der Waals surface area contributed by atoms with Crippen molar-refractivity contribution in [2.75, 3.05) is 16.0 Å². The van der Waals surface area contributed by atoms with Gasteiger partial charge in [-0.25, -0.2) is 0 Å². The Morgan fingerprint density at radius 2 is 1.39 bits per heavy atom. The number of benzene rings is 4. The number of Topliss-reactive ketones (excluding diaryl/α,β-unsaturated/α-hetero) is 1. The van der Waals surface area contributed by atoms with Crippen molar-refractivity contribution in [2.24, 2.45) is 4.99 Å². The zero-order valence-electron chi connectivity index (χ0n) is 20.6. The fourth-order valence-corrected chi connectivity index (χ4v) is 5.90. The number of anilines is 3. The second-order valence-electron chi connectivity index (χ2n) is 10.8. The van der Waals surface area contributed by atoms with Crippen molar-refractivity contribution in [2.45, 2.75) is 39.0 Å². The van der Waals surface area contributed by atoms with Crippen LogP contribution in [0.1, 0.15) is 33.3 Å². The molecule has 4 N–H and O–H groups in total. The lowest BCUT2D eigenvalue weighted by atomic mass is 9.79. The zero-order chi connectivity index (χ0) is 25.0. The van der Waals surface area contributed by atoms with Gasteiger partial charge in [-0.15, -0.1) is 0 Å². The average Bonchev–Trinajstić information content (AvgIpc) is 2.81. The van der Waals surface area contributed by atoms with Gasteiger partial charge in [0.2, 0.25) is 5.78 Å². The third-order valence-corrected chi connectivity index (χ3v) is 7.26. The van der Waals surface area contributed by atoms with Gasteiger partial charge in [-0.05, 0) is 73.5 Å². The van der Waals surface area contributed by atoms with Crippen molar-refractivity contribution in [3.05, 3.63) is 82.6 Å². The van der Waals surface area contributed by atoms with Crippen molar-refractivity contribution < 1.29 is 9.90 Å². The summed E-state index contributed by atoms with van der Waals surface area (Å²) in [4.78, 5) is 18.5. The predicted octanol–water partition coefficient (Wildman–Crippen LogP) is 5.05. The molecule has 0 bridgehead atoms. The van der Waals surface area contributed by atoms with E-state index < -0.39 is 5.66 Å². The Kier molecular flexibility index (Phi) is 3.89. The van der Waals surface area contributed by atoms with Crippen LogP contribution in [0, 0.1) is 0 Å². The lowest BCUT2D eigenvalue weighted by molar-refractivity contribution is -0.109. The highest BCUT2D eigenvalue weighted by Crippen LogP contribution is 2.45. The Balaban J connectivity index is 1.47. The van der Waals surface area contributed by atoms with Crippen LogP contribution in [-0.4, -0.2) is 22.2 Å². The molecule has 3 aliphatic rings. The summed E-state index contributed by atoms with van der Waals surface area (Å²) >= 11 is 0. The Hall–Kier alpha value is -4.32. The number of hydrogen-bond acceptors (Lipinski definition) is 6. The summed E-state index contributed by atoms with van der Waals surface area (Å²) in [6, 6.07) is 19.8. The van der Waals surface area contributed by atoms with Gasteiger partial charge < -0.3 is 21.1 Å². The molecule has 0 atom stereocenters. The quantitative estimate of drug-likeness (QED) is 0.310. The van der Waals surface area contributed by atoms with Gasteiger partial charge in [0, 0.05) is 27.8 Å². The van der Waals surface area contributed by atoms with Crippen LogP contribution in [-0.2, 0) is 4.79 Å². The maximum atomic E-state index is 13.6. The van der Waals surface area contributed by atoms with Crippen LogP contribution < -0.4 is 26.5 Å². The molecule has 6 nitrogen and oxygen atoms in total. The number of aliphatic hydroxyl groups excluding tert-OH is 1. The Morgan fingerprint density at radius 1 is 0.722 bits per heavy atom. The van der Waals surface area contributed by atoms with Crippen molar-refractivity contribution in [1.29, 1.82) is 0 Å². The molecule has 2 aliphatic heterocycles. The van der Waals surface area contributed by atoms with E-state index in [1.165, 1.54) is 0 Å². The number of nitrogens with zero attached hydrogens (tertiary/aromatic N) is 1. The second kappa shape index (κ2) is 6.66. The molecule has 0 amide bonds.